The van der Waals surface area contributed by atoms with Crippen LogP contribution < -0.4 is 5.32 Å². The number of anilines is 1. The first-order valence-electron chi connectivity index (χ1n) is 6.32. The van der Waals surface area contributed by atoms with Gasteiger partial charge in [-0.05, 0) is 32.3 Å². The van der Waals surface area contributed by atoms with Crippen LogP contribution in [0.2, 0.25) is 0 Å². The van der Waals surface area contributed by atoms with Crippen molar-refractivity contribution >= 4 is 5.69 Å². The predicted octanol–water partition coefficient (Wildman–Crippen LogP) is 1.22. The molecule has 18 heavy (non-hydrogen) atoms. The fraction of sp³-hybridized carbons (Fsp3) is 0.500. The van der Waals surface area contributed by atoms with Crippen LogP contribution in [0, 0.1) is 11.3 Å². The molecule has 0 amide bonds. The second-order valence-corrected chi connectivity index (χ2v) is 4.97. The number of hydrogen-bond donors (Lipinski definition) is 1. The van der Waals surface area contributed by atoms with Gasteiger partial charge < -0.3 is 10.2 Å². The van der Waals surface area contributed by atoms with Crippen molar-refractivity contribution in [3.63, 3.8) is 0 Å². The van der Waals surface area contributed by atoms with Crippen molar-refractivity contribution in [2.45, 2.75) is 6.04 Å². The van der Waals surface area contributed by atoms with Gasteiger partial charge in [0, 0.05) is 37.9 Å². The molecule has 0 aromatic heterocycles. The molecule has 1 aliphatic rings. The number of rotatable bonds is 3. The highest BCUT2D eigenvalue weighted by Crippen LogP contribution is 2.12. The van der Waals surface area contributed by atoms with Crippen molar-refractivity contribution in [1.29, 1.82) is 5.26 Å². The Kier molecular flexibility index (Phi) is 4.19. The Labute approximate surface area is 109 Å². The van der Waals surface area contributed by atoms with E-state index in [4.69, 9.17) is 5.26 Å². The first-order chi connectivity index (χ1) is 8.69. The zero-order valence-electron chi connectivity index (χ0n) is 11.1. The third-order valence-electron chi connectivity index (χ3n) is 3.51. The number of likely N-dealkylation sites (N-methyl/N-ethyl adjacent to an activating group) is 2. The largest absolute Gasteiger partial charge is 0.383 e. The van der Waals surface area contributed by atoms with E-state index in [2.05, 4.69) is 35.3 Å². The normalized spacial score (nSPS) is 21.5. The fourth-order valence-electron chi connectivity index (χ4n) is 2.26. The summed E-state index contributed by atoms with van der Waals surface area (Å²) in [6, 6.07) is 10.3. The first-order valence-corrected chi connectivity index (χ1v) is 6.32. The molecule has 96 valence electrons. The average molecular weight is 244 g/mol. The maximum absolute atomic E-state index is 8.86. The molecule has 4 heteroatoms. The topological polar surface area (TPSA) is 42.3 Å². The van der Waals surface area contributed by atoms with Gasteiger partial charge in [-0.2, -0.15) is 5.26 Å². The van der Waals surface area contributed by atoms with Crippen LogP contribution in [0.4, 0.5) is 5.69 Å². The SMILES string of the molecule is CN1CCN(C)C(CNc2cccc(C#N)c2)C1. The van der Waals surface area contributed by atoms with Gasteiger partial charge >= 0.3 is 0 Å². The van der Waals surface area contributed by atoms with Crippen molar-refractivity contribution in [1.82, 2.24) is 9.80 Å². The summed E-state index contributed by atoms with van der Waals surface area (Å²) in [5.74, 6) is 0. The third-order valence-corrected chi connectivity index (χ3v) is 3.51. The minimum atomic E-state index is 0.523. The summed E-state index contributed by atoms with van der Waals surface area (Å²) in [5, 5.41) is 12.3. The van der Waals surface area contributed by atoms with Crippen LogP contribution >= 0.6 is 0 Å². The maximum atomic E-state index is 8.86. The molecule has 1 heterocycles. The van der Waals surface area contributed by atoms with E-state index in [1.807, 2.05) is 24.3 Å². The number of benzene rings is 1. The molecule has 2 rings (SSSR count). The Morgan fingerprint density at radius 1 is 1.39 bits per heavy atom. The summed E-state index contributed by atoms with van der Waals surface area (Å²) >= 11 is 0. The smallest absolute Gasteiger partial charge is 0.0992 e. The Balaban J connectivity index is 1.92. The highest BCUT2D eigenvalue weighted by molar-refractivity contribution is 5.49. The van der Waals surface area contributed by atoms with Crippen LogP contribution in [0.25, 0.3) is 0 Å². The second-order valence-electron chi connectivity index (χ2n) is 4.97. The van der Waals surface area contributed by atoms with E-state index in [0.717, 1.165) is 31.9 Å². The standard InChI is InChI=1S/C14H20N4/c1-17-6-7-18(2)14(11-17)10-16-13-5-3-4-12(8-13)9-15/h3-5,8,14,16H,6-7,10-11H2,1-2H3. The fourth-order valence-corrected chi connectivity index (χ4v) is 2.26. The van der Waals surface area contributed by atoms with Crippen LogP contribution in [0.15, 0.2) is 24.3 Å². The highest BCUT2D eigenvalue weighted by atomic mass is 15.3. The molecule has 0 radical (unpaired) electrons. The molecule has 0 saturated carbocycles. The molecular weight excluding hydrogens is 224 g/mol. The van der Waals surface area contributed by atoms with E-state index in [1.54, 1.807) is 0 Å². The van der Waals surface area contributed by atoms with Crippen molar-refractivity contribution in [2.75, 3.05) is 45.6 Å². The molecule has 0 spiro atoms. The molecule has 0 bridgehead atoms. The molecule has 1 unspecified atom stereocenters. The second kappa shape index (κ2) is 5.85. The van der Waals surface area contributed by atoms with Crippen LogP contribution in [-0.2, 0) is 0 Å². The van der Waals surface area contributed by atoms with Gasteiger partial charge in [0.2, 0.25) is 0 Å². The number of piperazine rings is 1. The Bertz CT molecular complexity index is 438. The predicted molar refractivity (Wildman–Crippen MR) is 73.6 cm³/mol. The number of nitrogens with one attached hydrogen (secondary N) is 1. The molecular formula is C14H20N4. The Hall–Kier alpha value is -1.57. The number of nitrogens with zero attached hydrogens (tertiary/aromatic N) is 3. The van der Waals surface area contributed by atoms with Gasteiger partial charge in [-0.15, -0.1) is 0 Å². The van der Waals surface area contributed by atoms with E-state index >= 15 is 0 Å². The summed E-state index contributed by atoms with van der Waals surface area (Å²) in [6.07, 6.45) is 0. The summed E-state index contributed by atoms with van der Waals surface area (Å²) < 4.78 is 0. The van der Waals surface area contributed by atoms with Crippen LogP contribution in [0.3, 0.4) is 0 Å². The van der Waals surface area contributed by atoms with Crippen LogP contribution in [0.5, 0.6) is 0 Å². The lowest BCUT2D eigenvalue weighted by atomic mass is 10.1. The summed E-state index contributed by atoms with van der Waals surface area (Å²) in [6.45, 7) is 4.25. The molecule has 0 aliphatic carbocycles. The number of nitriles is 1. The van der Waals surface area contributed by atoms with E-state index in [1.165, 1.54) is 0 Å². The lowest BCUT2D eigenvalue weighted by molar-refractivity contribution is 0.122. The molecule has 1 atom stereocenters. The zero-order valence-corrected chi connectivity index (χ0v) is 11.1. The molecule has 1 fully saturated rings. The monoisotopic (exact) mass is 244 g/mol. The van der Waals surface area contributed by atoms with E-state index < -0.39 is 0 Å². The molecule has 1 saturated heterocycles. The van der Waals surface area contributed by atoms with Gasteiger partial charge in [0.15, 0.2) is 0 Å². The molecule has 1 aromatic carbocycles. The quantitative estimate of drug-likeness (QED) is 0.868. The average Bonchev–Trinajstić information content (AvgIpc) is 2.40. The van der Waals surface area contributed by atoms with Gasteiger partial charge in [0.25, 0.3) is 0 Å². The maximum Gasteiger partial charge on any atom is 0.0992 e. The molecule has 1 aromatic rings. The van der Waals surface area contributed by atoms with Crippen LogP contribution in [-0.4, -0.2) is 56.1 Å². The van der Waals surface area contributed by atoms with Gasteiger partial charge in [-0.25, -0.2) is 0 Å². The van der Waals surface area contributed by atoms with E-state index in [9.17, 15) is 0 Å². The summed E-state index contributed by atoms with van der Waals surface area (Å²) in [4.78, 5) is 4.75. The molecule has 1 aliphatic heterocycles. The van der Waals surface area contributed by atoms with Crippen molar-refractivity contribution < 1.29 is 0 Å². The Morgan fingerprint density at radius 2 is 2.22 bits per heavy atom. The summed E-state index contributed by atoms with van der Waals surface area (Å²) in [7, 11) is 4.33. The summed E-state index contributed by atoms with van der Waals surface area (Å²) in [5.41, 5.74) is 1.73. The zero-order chi connectivity index (χ0) is 13.0. The lowest BCUT2D eigenvalue weighted by Crippen LogP contribution is -2.52. The van der Waals surface area contributed by atoms with Crippen LogP contribution in [0.1, 0.15) is 5.56 Å². The van der Waals surface area contributed by atoms with E-state index in [-0.39, 0.29) is 0 Å². The lowest BCUT2D eigenvalue weighted by Gasteiger charge is -2.37. The van der Waals surface area contributed by atoms with Gasteiger partial charge in [-0.3, -0.25) is 4.90 Å². The van der Waals surface area contributed by atoms with Crippen molar-refractivity contribution in [3.8, 4) is 6.07 Å². The van der Waals surface area contributed by atoms with Crippen molar-refractivity contribution in [3.05, 3.63) is 29.8 Å². The first kappa shape index (κ1) is 12.9. The van der Waals surface area contributed by atoms with Crippen molar-refractivity contribution in [2.24, 2.45) is 0 Å². The van der Waals surface area contributed by atoms with Gasteiger partial charge in [0.05, 0.1) is 11.6 Å². The Morgan fingerprint density at radius 3 is 3.00 bits per heavy atom. The minimum absolute atomic E-state index is 0.523. The highest BCUT2D eigenvalue weighted by Gasteiger charge is 2.21. The minimum Gasteiger partial charge on any atom is -0.383 e. The number of hydrogen-bond acceptors (Lipinski definition) is 4. The molecule has 4 nitrogen and oxygen atoms in total. The third kappa shape index (κ3) is 3.22. The van der Waals surface area contributed by atoms with Gasteiger partial charge in [-0.1, -0.05) is 6.07 Å². The molecule has 1 N–H and O–H groups in total. The van der Waals surface area contributed by atoms with Gasteiger partial charge in [0.1, 0.15) is 0 Å². The van der Waals surface area contributed by atoms with E-state index in [0.29, 0.717) is 11.6 Å².